The molecule has 1 unspecified atom stereocenters. The molecule has 1 atom stereocenters. The Bertz CT molecular complexity index is 949. The van der Waals surface area contributed by atoms with Crippen molar-refractivity contribution in [2.24, 2.45) is 0 Å². The fraction of sp³-hybridized carbons (Fsp3) is 0.292. The Balaban J connectivity index is 1.93. The third-order valence-electron chi connectivity index (χ3n) is 5.73. The van der Waals surface area contributed by atoms with Gasteiger partial charge in [-0.1, -0.05) is 24.3 Å². The van der Waals surface area contributed by atoms with E-state index in [1.165, 1.54) is 7.11 Å². The highest BCUT2D eigenvalue weighted by atomic mass is 16.5. The normalized spacial score (nSPS) is 15.7. The summed E-state index contributed by atoms with van der Waals surface area (Å²) in [5.41, 5.74) is 1.26. The summed E-state index contributed by atoms with van der Waals surface area (Å²) in [5.74, 6) is -0.400. The van der Waals surface area contributed by atoms with Crippen LogP contribution >= 0.6 is 0 Å². The van der Waals surface area contributed by atoms with Crippen molar-refractivity contribution < 1.29 is 14.6 Å². The van der Waals surface area contributed by atoms with Crippen LogP contribution in [-0.2, 0) is 10.3 Å². The lowest BCUT2D eigenvalue weighted by molar-refractivity contribution is -0.0153. The number of benzene rings is 1. The zero-order valence-electron chi connectivity index (χ0n) is 16.9. The lowest BCUT2D eigenvalue weighted by Gasteiger charge is -2.42. The van der Waals surface area contributed by atoms with Crippen molar-refractivity contribution >= 4 is 5.97 Å². The SMILES string of the molecule is COC(=O)c1cccc(C(N2CCCC2)C(O)(c2cccnc2)c2cccnc2)c1. The number of esters is 1. The van der Waals surface area contributed by atoms with Gasteiger partial charge in [0.1, 0.15) is 5.60 Å². The summed E-state index contributed by atoms with van der Waals surface area (Å²) in [7, 11) is 1.37. The molecule has 0 amide bonds. The number of likely N-dealkylation sites (tertiary alicyclic amines) is 1. The molecule has 30 heavy (non-hydrogen) atoms. The molecule has 0 spiro atoms. The van der Waals surface area contributed by atoms with Crippen molar-refractivity contribution in [3.63, 3.8) is 0 Å². The summed E-state index contributed by atoms with van der Waals surface area (Å²) in [5, 5.41) is 12.4. The van der Waals surface area contributed by atoms with Crippen molar-refractivity contribution in [2.45, 2.75) is 24.5 Å². The van der Waals surface area contributed by atoms with Crippen molar-refractivity contribution in [3.8, 4) is 0 Å². The van der Waals surface area contributed by atoms with Crippen molar-refractivity contribution in [1.82, 2.24) is 14.9 Å². The van der Waals surface area contributed by atoms with Crippen LogP contribution in [0.4, 0.5) is 0 Å². The Kier molecular flexibility index (Phi) is 5.88. The number of methoxy groups -OCH3 is 1. The first-order chi connectivity index (χ1) is 14.6. The summed E-state index contributed by atoms with van der Waals surface area (Å²) in [4.78, 5) is 23.0. The molecule has 1 aromatic carbocycles. The van der Waals surface area contributed by atoms with Crippen molar-refractivity contribution in [3.05, 3.63) is 95.6 Å². The van der Waals surface area contributed by atoms with E-state index in [2.05, 4.69) is 14.9 Å². The van der Waals surface area contributed by atoms with Crippen LogP contribution in [0.15, 0.2) is 73.3 Å². The first-order valence-corrected chi connectivity index (χ1v) is 10.1. The van der Waals surface area contributed by atoms with Gasteiger partial charge in [-0.2, -0.15) is 0 Å². The highest BCUT2D eigenvalue weighted by molar-refractivity contribution is 5.89. The summed E-state index contributed by atoms with van der Waals surface area (Å²) >= 11 is 0. The lowest BCUT2D eigenvalue weighted by Crippen LogP contribution is -2.44. The second-order valence-corrected chi connectivity index (χ2v) is 7.51. The van der Waals surface area contributed by atoms with Gasteiger partial charge in [0.25, 0.3) is 0 Å². The third kappa shape index (κ3) is 3.72. The number of nitrogens with zero attached hydrogens (tertiary/aromatic N) is 3. The molecule has 1 fully saturated rings. The van der Waals surface area contributed by atoms with Gasteiger partial charge in [0.15, 0.2) is 0 Å². The molecule has 6 heteroatoms. The molecule has 0 radical (unpaired) electrons. The maximum absolute atomic E-state index is 12.4. The number of rotatable bonds is 6. The van der Waals surface area contributed by atoms with E-state index in [1.807, 2.05) is 42.5 Å². The van der Waals surface area contributed by atoms with Crippen LogP contribution in [0.2, 0.25) is 0 Å². The highest BCUT2D eigenvalue weighted by Gasteiger charge is 2.45. The summed E-state index contributed by atoms with van der Waals surface area (Å²) < 4.78 is 4.92. The largest absolute Gasteiger partial charge is 0.465 e. The molecule has 3 heterocycles. The minimum atomic E-state index is -1.40. The van der Waals surface area contributed by atoms with Gasteiger partial charge in [0.2, 0.25) is 0 Å². The number of hydrogen-bond acceptors (Lipinski definition) is 6. The van der Waals surface area contributed by atoms with Crippen LogP contribution in [0.5, 0.6) is 0 Å². The zero-order chi connectivity index (χ0) is 21.0. The Morgan fingerprint density at radius 3 is 2.20 bits per heavy atom. The van der Waals surface area contributed by atoms with E-state index in [9.17, 15) is 9.90 Å². The molecule has 6 nitrogen and oxygen atoms in total. The molecular weight excluding hydrogens is 378 g/mol. The van der Waals surface area contributed by atoms with Gasteiger partial charge in [-0.25, -0.2) is 4.79 Å². The second kappa shape index (κ2) is 8.73. The first-order valence-electron chi connectivity index (χ1n) is 10.1. The molecule has 1 aliphatic heterocycles. The predicted molar refractivity (Wildman–Crippen MR) is 113 cm³/mol. The van der Waals surface area contributed by atoms with E-state index < -0.39 is 17.6 Å². The van der Waals surface area contributed by atoms with Crippen LogP contribution in [0.3, 0.4) is 0 Å². The molecule has 1 N–H and O–H groups in total. The number of aliphatic hydroxyl groups is 1. The maximum Gasteiger partial charge on any atom is 0.337 e. The van der Waals surface area contributed by atoms with Crippen LogP contribution in [-0.4, -0.2) is 46.1 Å². The number of pyridine rings is 2. The quantitative estimate of drug-likeness (QED) is 0.637. The van der Waals surface area contributed by atoms with Crippen LogP contribution in [0.1, 0.15) is 45.9 Å². The third-order valence-corrected chi connectivity index (χ3v) is 5.73. The molecule has 0 saturated carbocycles. The lowest BCUT2D eigenvalue weighted by atomic mass is 9.77. The molecule has 2 aromatic heterocycles. The minimum Gasteiger partial charge on any atom is -0.465 e. The van der Waals surface area contributed by atoms with Crippen LogP contribution in [0, 0.1) is 0 Å². The smallest absolute Gasteiger partial charge is 0.337 e. The summed E-state index contributed by atoms with van der Waals surface area (Å²) in [6, 6.07) is 14.3. The monoisotopic (exact) mass is 403 g/mol. The molecular formula is C24H25N3O3. The van der Waals surface area contributed by atoms with Crippen LogP contribution < -0.4 is 0 Å². The Morgan fingerprint density at radius 2 is 1.67 bits per heavy atom. The van der Waals surface area contributed by atoms with Gasteiger partial charge in [-0.3, -0.25) is 14.9 Å². The molecule has 0 aliphatic carbocycles. The molecule has 0 bridgehead atoms. The van der Waals surface area contributed by atoms with E-state index >= 15 is 0 Å². The van der Waals surface area contributed by atoms with E-state index in [1.54, 1.807) is 30.9 Å². The molecule has 1 aliphatic rings. The molecule has 3 aromatic rings. The Hall–Kier alpha value is -3.09. The van der Waals surface area contributed by atoms with Crippen molar-refractivity contribution in [2.75, 3.05) is 20.2 Å². The minimum absolute atomic E-state index is 0.400. The molecule has 154 valence electrons. The van der Waals surface area contributed by atoms with Gasteiger partial charge in [0.05, 0.1) is 18.7 Å². The standard InChI is InChI=1S/C24H25N3O3/c1-30-23(28)19-8-4-7-18(15-19)22(27-13-2-3-14-27)24(29,20-9-5-11-25-16-20)21-10-6-12-26-17-21/h4-12,15-17,22,29H,2-3,13-14H2,1H3. The summed E-state index contributed by atoms with van der Waals surface area (Å²) in [6.07, 6.45) is 8.89. The number of hydrogen-bond donors (Lipinski definition) is 1. The van der Waals surface area contributed by atoms with Crippen LogP contribution in [0.25, 0.3) is 0 Å². The second-order valence-electron chi connectivity index (χ2n) is 7.51. The maximum atomic E-state index is 12.4. The number of carbonyl (C=O) groups is 1. The first kappa shape index (κ1) is 20.2. The number of carbonyl (C=O) groups excluding carboxylic acids is 1. The fourth-order valence-electron chi connectivity index (χ4n) is 4.33. The van der Waals surface area contributed by atoms with Gasteiger partial charge in [-0.15, -0.1) is 0 Å². The van der Waals surface area contributed by atoms with Crippen molar-refractivity contribution in [1.29, 1.82) is 0 Å². The van der Waals surface area contributed by atoms with Gasteiger partial charge >= 0.3 is 5.97 Å². The average molecular weight is 403 g/mol. The number of ether oxygens (including phenoxy) is 1. The fourth-order valence-corrected chi connectivity index (χ4v) is 4.33. The van der Waals surface area contributed by atoms with Gasteiger partial charge < -0.3 is 9.84 Å². The Morgan fingerprint density at radius 1 is 1.03 bits per heavy atom. The van der Waals surface area contributed by atoms with Gasteiger partial charge in [-0.05, 0) is 55.8 Å². The molecule has 4 rings (SSSR count). The Labute approximate surface area is 176 Å². The van der Waals surface area contributed by atoms with E-state index in [0.29, 0.717) is 16.7 Å². The highest BCUT2D eigenvalue weighted by Crippen LogP contribution is 2.45. The average Bonchev–Trinajstić information content (AvgIpc) is 3.34. The van der Waals surface area contributed by atoms with Gasteiger partial charge in [0, 0.05) is 35.9 Å². The summed E-state index contributed by atoms with van der Waals surface area (Å²) in [6.45, 7) is 1.71. The topological polar surface area (TPSA) is 75.5 Å². The zero-order valence-corrected chi connectivity index (χ0v) is 16.9. The predicted octanol–water partition coefficient (Wildman–Crippen LogP) is 3.34. The number of aromatic nitrogens is 2. The van der Waals surface area contributed by atoms with E-state index in [-0.39, 0.29) is 0 Å². The molecule has 1 saturated heterocycles. The van der Waals surface area contributed by atoms with E-state index in [0.717, 1.165) is 31.5 Å². The van der Waals surface area contributed by atoms with E-state index in [4.69, 9.17) is 4.74 Å².